The second kappa shape index (κ2) is 8.81. The van der Waals surface area contributed by atoms with E-state index in [4.69, 9.17) is 0 Å². The lowest BCUT2D eigenvalue weighted by atomic mass is 9.91. The van der Waals surface area contributed by atoms with E-state index in [0.29, 0.717) is 0 Å². The van der Waals surface area contributed by atoms with Crippen molar-refractivity contribution in [2.75, 3.05) is 0 Å². The lowest BCUT2D eigenvalue weighted by molar-refractivity contribution is 1.06. The Kier molecular flexibility index (Phi) is 8.13. The molecule has 0 unspecified atom stereocenters. The van der Waals surface area contributed by atoms with Crippen LogP contribution in [0.3, 0.4) is 0 Å². The monoisotopic (exact) mass is 230 g/mol. The summed E-state index contributed by atoms with van der Waals surface area (Å²) in [5.74, 6) is 0. The van der Waals surface area contributed by atoms with Crippen molar-refractivity contribution in [2.45, 2.75) is 47.5 Å². The first-order valence-corrected chi connectivity index (χ1v) is 6.44. The van der Waals surface area contributed by atoms with Crippen molar-refractivity contribution < 1.29 is 0 Å². The van der Waals surface area contributed by atoms with Crippen molar-refractivity contribution >= 4 is 0 Å². The van der Waals surface area contributed by atoms with Crippen molar-refractivity contribution in [2.24, 2.45) is 0 Å². The SMILES string of the molecule is C=C/C=C(\C=C/C)C(/C(C)=C\CC)=C(\C)CC. The molecule has 0 heterocycles. The summed E-state index contributed by atoms with van der Waals surface area (Å²) in [5, 5.41) is 0. The zero-order valence-electron chi connectivity index (χ0n) is 12.0. The topological polar surface area (TPSA) is 0 Å². The molecule has 0 aliphatic rings. The van der Waals surface area contributed by atoms with Crippen molar-refractivity contribution in [3.63, 3.8) is 0 Å². The maximum Gasteiger partial charge on any atom is -0.0169 e. The van der Waals surface area contributed by atoms with Gasteiger partial charge in [-0.1, -0.05) is 56.4 Å². The van der Waals surface area contributed by atoms with E-state index in [1.165, 1.54) is 22.3 Å². The molecule has 0 saturated carbocycles. The Morgan fingerprint density at radius 2 is 1.82 bits per heavy atom. The maximum atomic E-state index is 3.80. The molecule has 0 rings (SSSR count). The van der Waals surface area contributed by atoms with Crippen LogP contribution in [-0.2, 0) is 0 Å². The van der Waals surface area contributed by atoms with Gasteiger partial charge in [0.25, 0.3) is 0 Å². The molecule has 0 saturated heterocycles. The summed E-state index contributed by atoms with van der Waals surface area (Å²) >= 11 is 0. The Balaban J connectivity index is 5.70. The second-order valence-electron chi connectivity index (χ2n) is 4.16. The average Bonchev–Trinajstić information content (AvgIpc) is 2.30. The smallest absolute Gasteiger partial charge is 0.0169 e. The van der Waals surface area contributed by atoms with Gasteiger partial charge >= 0.3 is 0 Å². The molecule has 0 aliphatic heterocycles. The molecule has 0 heteroatoms. The van der Waals surface area contributed by atoms with Crippen molar-refractivity contribution in [1.29, 1.82) is 0 Å². The van der Waals surface area contributed by atoms with Gasteiger partial charge in [-0.25, -0.2) is 0 Å². The molecule has 17 heavy (non-hydrogen) atoms. The van der Waals surface area contributed by atoms with Gasteiger partial charge in [-0.15, -0.1) is 0 Å². The van der Waals surface area contributed by atoms with Gasteiger partial charge in [-0.05, 0) is 50.3 Å². The first kappa shape index (κ1) is 15.7. The van der Waals surface area contributed by atoms with E-state index in [1.807, 2.05) is 6.08 Å². The Morgan fingerprint density at radius 1 is 1.18 bits per heavy atom. The number of rotatable bonds is 6. The first-order chi connectivity index (χ1) is 8.12. The van der Waals surface area contributed by atoms with Gasteiger partial charge < -0.3 is 0 Å². The number of hydrogen-bond donors (Lipinski definition) is 0. The summed E-state index contributed by atoms with van der Waals surface area (Å²) in [6.45, 7) is 14.6. The van der Waals surface area contributed by atoms with E-state index in [1.54, 1.807) is 0 Å². The summed E-state index contributed by atoms with van der Waals surface area (Å²) in [7, 11) is 0. The standard InChI is InChI=1S/C17H26/c1-7-11-15(6)17(14(5)10-4)16(12-8-2)13-9-3/h8-9,11-13H,2,7,10H2,1,3-6H3/b13-9-,15-11-,16-12+,17-14+. The van der Waals surface area contributed by atoms with Crippen LogP contribution in [0.2, 0.25) is 0 Å². The molecule has 0 bridgehead atoms. The quantitative estimate of drug-likeness (QED) is 0.509. The van der Waals surface area contributed by atoms with Gasteiger partial charge in [0.2, 0.25) is 0 Å². The molecule has 94 valence electrons. The highest BCUT2D eigenvalue weighted by atomic mass is 14.1. The largest absolute Gasteiger partial charge is 0.0990 e. The van der Waals surface area contributed by atoms with Gasteiger partial charge in [0.05, 0.1) is 0 Å². The summed E-state index contributed by atoms with van der Waals surface area (Å²) in [4.78, 5) is 0. The van der Waals surface area contributed by atoms with E-state index in [2.05, 4.69) is 65.5 Å². The van der Waals surface area contributed by atoms with E-state index in [-0.39, 0.29) is 0 Å². The molecule has 0 nitrogen and oxygen atoms in total. The third-order valence-corrected chi connectivity index (χ3v) is 2.79. The molecule has 0 atom stereocenters. The summed E-state index contributed by atoms with van der Waals surface area (Å²) in [6.07, 6.45) is 12.6. The molecule has 0 amide bonds. The lowest BCUT2D eigenvalue weighted by Crippen LogP contribution is -1.94. The fourth-order valence-corrected chi connectivity index (χ4v) is 1.92. The van der Waals surface area contributed by atoms with Crippen molar-refractivity contribution in [3.05, 3.63) is 59.3 Å². The summed E-state index contributed by atoms with van der Waals surface area (Å²) < 4.78 is 0. The Hall–Kier alpha value is -1.30. The molecule has 0 fully saturated rings. The third-order valence-electron chi connectivity index (χ3n) is 2.79. The van der Waals surface area contributed by atoms with E-state index in [9.17, 15) is 0 Å². The van der Waals surface area contributed by atoms with Gasteiger partial charge in [-0.2, -0.15) is 0 Å². The van der Waals surface area contributed by atoms with Crippen molar-refractivity contribution in [1.82, 2.24) is 0 Å². The van der Waals surface area contributed by atoms with Gasteiger partial charge in [0.1, 0.15) is 0 Å². The molecule has 0 spiro atoms. The molecule has 0 aliphatic carbocycles. The average molecular weight is 230 g/mol. The lowest BCUT2D eigenvalue weighted by Gasteiger charge is -2.14. The predicted octanol–water partition coefficient (Wildman–Crippen LogP) is 5.76. The molecule has 0 N–H and O–H groups in total. The Labute approximate surface area is 107 Å². The highest BCUT2D eigenvalue weighted by Gasteiger charge is 2.07. The van der Waals surface area contributed by atoms with Crippen LogP contribution in [0.5, 0.6) is 0 Å². The fourth-order valence-electron chi connectivity index (χ4n) is 1.92. The van der Waals surface area contributed by atoms with Crippen LogP contribution in [0.25, 0.3) is 0 Å². The zero-order chi connectivity index (χ0) is 13.3. The van der Waals surface area contributed by atoms with Crippen LogP contribution in [0, 0.1) is 0 Å². The minimum Gasteiger partial charge on any atom is -0.0990 e. The molecule has 0 aromatic rings. The van der Waals surface area contributed by atoms with E-state index < -0.39 is 0 Å². The summed E-state index contributed by atoms with van der Waals surface area (Å²) in [6, 6.07) is 0. The Morgan fingerprint density at radius 3 is 2.24 bits per heavy atom. The van der Waals surface area contributed by atoms with Crippen LogP contribution < -0.4 is 0 Å². The Bertz CT molecular complexity index is 359. The highest BCUT2D eigenvalue weighted by Crippen LogP contribution is 2.26. The van der Waals surface area contributed by atoms with Gasteiger partial charge in [-0.3, -0.25) is 0 Å². The van der Waals surface area contributed by atoms with Crippen LogP contribution in [-0.4, -0.2) is 0 Å². The highest BCUT2D eigenvalue weighted by molar-refractivity contribution is 5.54. The first-order valence-electron chi connectivity index (χ1n) is 6.44. The minimum atomic E-state index is 1.07. The van der Waals surface area contributed by atoms with Crippen LogP contribution in [0.4, 0.5) is 0 Å². The molecule has 0 aromatic carbocycles. The molecular formula is C17H26. The van der Waals surface area contributed by atoms with E-state index in [0.717, 1.165) is 12.8 Å². The number of hydrogen-bond acceptors (Lipinski definition) is 0. The third kappa shape index (κ3) is 5.04. The van der Waals surface area contributed by atoms with Crippen LogP contribution >= 0.6 is 0 Å². The number of allylic oxidation sites excluding steroid dienone is 9. The minimum absolute atomic E-state index is 1.07. The molecular weight excluding hydrogens is 204 g/mol. The summed E-state index contributed by atoms with van der Waals surface area (Å²) in [5.41, 5.74) is 5.41. The van der Waals surface area contributed by atoms with Gasteiger partial charge in [0.15, 0.2) is 0 Å². The molecule has 0 radical (unpaired) electrons. The van der Waals surface area contributed by atoms with Crippen LogP contribution in [0.1, 0.15) is 47.5 Å². The van der Waals surface area contributed by atoms with Gasteiger partial charge in [0, 0.05) is 0 Å². The fraction of sp³-hybridized carbons (Fsp3) is 0.412. The maximum absolute atomic E-state index is 3.80. The predicted molar refractivity (Wildman–Crippen MR) is 80.1 cm³/mol. The normalized spacial score (nSPS) is 15.1. The zero-order valence-corrected chi connectivity index (χ0v) is 12.0. The second-order valence-corrected chi connectivity index (χ2v) is 4.16. The van der Waals surface area contributed by atoms with Crippen LogP contribution in [0.15, 0.2) is 59.3 Å². The molecule has 0 aromatic heterocycles. The van der Waals surface area contributed by atoms with Crippen molar-refractivity contribution in [3.8, 4) is 0 Å². The van der Waals surface area contributed by atoms with E-state index >= 15 is 0 Å².